The van der Waals surface area contributed by atoms with Crippen LogP contribution in [-0.4, -0.2) is 21.0 Å². The van der Waals surface area contributed by atoms with E-state index in [0.29, 0.717) is 17.1 Å². The number of halogens is 2. The maximum absolute atomic E-state index is 13.5. The summed E-state index contributed by atoms with van der Waals surface area (Å²) in [5.41, 5.74) is 0.908. The zero-order valence-electron chi connectivity index (χ0n) is 10.0. The van der Waals surface area contributed by atoms with Gasteiger partial charge in [-0.05, 0) is 24.3 Å². The van der Waals surface area contributed by atoms with Gasteiger partial charge in [0.25, 0.3) is 0 Å². The van der Waals surface area contributed by atoms with Crippen molar-refractivity contribution in [3.05, 3.63) is 54.1 Å². The van der Waals surface area contributed by atoms with Crippen molar-refractivity contribution in [2.24, 2.45) is 0 Å². The second-order valence-corrected chi connectivity index (χ2v) is 4.04. The molecule has 20 heavy (non-hydrogen) atoms. The highest BCUT2D eigenvalue weighted by Crippen LogP contribution is 2.16. The molecule has 0 atom stereocenters. The zero-order valence-corrected chi connectivity index (χ0v) is 10.0. The minimum Gasteiger partial charge on any atom is -0.303 e. The lowest BCUT2D eigenvalue weighted by molar-refractivity contribution is 0.251. The molecule has 3 rings (SSSR count). The molecule has 3 aromatic rings. The second kappa shape index (κ2) is 4.69. The summed E-state index contributed by atoms with van der Waals surface area (Å²) < 4.78 is 27.3. The molecule has 0 saturated carbocycles. The fourth-order valence-electron chi connectivity index (χ4n) is 1.78. The predicted octanol–water partition coefficient (Wildman–Crippen LogP) is 2.79. The van der Waals surface area contributed by atoms with E-state index < -0.39 is 17.7 Å². The van der Waals surface area contributed by atoms with Gasteiger partial charge in [0.1, 0.15) is 17.2 Å². The number of anilines is 1. The van der Waals surface area contributed by atoms with Crippen LogP contribution in [0, 0.1) is 11.6 Å². The van der Waals surface area contributed by atoms with Gasteiger partial charge < -0.3 is 5.32 Å². The number of para-hydroxylation sites is 1. The van der Waals surface area contributed by atoms with Gasteiger partial charge >= 0.3 is 6.03 Å². The van der Waals surface area contributed by atoms with Gasteiger partial charge in [0.05, 0.1) is 11.2 Å². The number of carbonyl (C=O) groups is 1. The molecule has 1 amide bonds. The molecule has 0 fully saturated rings. The third-order valence-corrected chi connectivity index (χ3v) is 2.72. The molecule has 1 N–H and O–H groups in total. The van der Waals surface area contributed by atoms with Gasteiger partial charge in [-0.25, -0.2) is 13.6 Å². The molecule has 0 aliphatic heterocycles. The summed E-state index contributed by atoms with van der Waals surface area (Å²) in [6, 6.07) is 9.06. The Balaban J connectivity index is 1.93. The van der Waals surface area contributed by atoms with Crippen molar-refractivity contribution in [1.82, 2.24) is 15.0 Å². The van der Waals surface area contributed by atoms with Crippen LogP contribution in [0.2, 0.25) is 0 Å². The molecule has 0 aliphatic rings. The monoisotopic (exact) mass is 274 g/mol. The van der Waals surface area contributed by atoms with Crippen LogP contribution in [-0.2, 0) is 0 Å². The minimum absolute atomic E-state index is 0.129. The normalized spacial score (nSPS) is 10.7. The Labute approximate surface area is 111 Å². The van der Waals surface area contributed by atoms with Crippen molar-refractivity contribution in [2.75, 3.05) is 5.32 Å². The van der Waals surface area contributed by atoms with Gasteiger partial charge in [-0.2, -0.15) is 4.68 Å². The largest absolute Gasteiger partial charge is 0.348 e. The van der Waals surface area contributed by atoms with E-state index in [1.807, 2.05) is 0 Å². The van der Waals surface area contributed by atoms with Gasteiger partial charge in [-0.3, -0.25) is 0 Å². The number of nitrogens with one attached hydrogen (secondary N) is 1. The standard InChI is InChI=1S/C13H8F2N4O/c14-8-5-6-10(9(15)7-8)16-13(20)19-12-4-2-1-3-11(12)17-18-19/h1-7H,(H,16,20). The Kier molecular flexibility index (Phi) is 2.86. The van der Waals surface area contributed by atoms with Crippen LogP contribution >= 0.6 is 0 Å². The summed E-state index contributed by atoms with van der Waals surface area (Å²) in [5.74, 6) is -1.57. The Hall–Kier alpha value is -2.83. The maximum atomic E-state index is 13.5. The quantitative estimate of drug-likeness (QED) is 0.742. The average molecular weight is 274 g/mol. The number of aromatic nitrogens is 3. The van der Waals surface area contributed by atoms with E-state index in [4.69, 9.17) is 0 Å². The molecule has 0 radical (unpaired) electrons. The molecule has 100 valence electrons. The van der Waals surface area contributed by atoms with E-state index in [-0.39, 0.29) is 5.69 Å². The third kappa shape index (κ3) is 2.09. The summed E-state index contributed by atoms with van der Waals surface area (Å²) in [5, 5.41) is 9.82. The van der Waals surface area contributed by atoms with Gasteiger partial charge in [0.2, 0.25) is 0 Å². The SMILES string of the molecule is O=C(Nc1ccc(F)cc1F)n1nnc2ccccc21. The number of benzene rings is 2. The molecule has 1 aromatic heterocycles. The third-order valence-electron chi connectivity index (χ3n) is 2.72. The van der Waals surface area contributed by atoms with E-state index >= 15 is 0 Å². The van der Waals surface area contributed by atoms with Crippen molar-refractivity contribution in [1.29, 1.82) is 0 Å². The van der Waals surface area contributed by atoms with Gasteiger partial charge in [-0.1, -0.05) is 17.3 Å². The number of amides is 1. The highest BCUT2D eigenvalue weighted by molar-refractivity contribution is 5.96. The lowest BCUT2D eigenvalue weighted by Crippen LogP contribution is -2.21. The van der Waals surface area contributed by atoms with E-state index in [9.17, 15) is 13.6 Å². The smallest absolute Gasteiger partial charge is 0.303 e. The topological polar surface area (TPSA) is 59.8 Å². The number of hydrogen-bond acceptors (Lipinski definition) is 3. The Morgan fingerprint density at radius 1 is 1.15 bits per heavy atom. The van der Waals surface area contributed by atoms with Gasteiger partial charge in [0, 0.05) is 6.07 Å². The number of nitrogens with zero attached hydrogens (tertiary/aromatic N) is 3. The number of carbonyl (C=O) groups excluding carboxylic acids is 1. The molecule has 0 spiro atoms. The molecule has 2 aromatic carbocycles. The summed E-state index contributed by atoms with van der Waals surface area (Å²) in [6.07, 6.45) is 0. The molecular weight excluding hydrogens is 266 g/mol. The summed E-state index contributed by atoms with van der Waals surface area (Å²) in [6.45, 7) is 0. The fraction of sp³-hybridized carbons (Fsp3) is 0. The molecular formula is C13H8F2N4O. The summed E-state index contributed by atoms with van der Waals surface area (Å²) >= 11 is 0. The molecule has 0 unspecified atom stereocenters. The molecule has 1 heterocycles. The van der Waals surface area contributed by atoms with Crippen LogP contribution in [0.4, 0.5) is 19.3 Å². The molecule has 0 saturated heterocycles. The van der Waals surface area contributed by atoms with E-state index in [2.05, 4.69) is 15.6 Å². The highest BCUT2D eigenvalue weighted by atomic mass is 19.1. The average Bonchev–Trinajstić information content (AvgIpc) is 2.86. The van der Waals surface area contributed by atoms with Gasteiger partial charge in [0.15, 0.2) is 0 Å². The van der Waals surface area contributed by atoms with Crippen LogP contribution in [0.3, 0.4) is 0 Å². The first-order chi connectivity index (χ1) is 9.65. The van der Waals surface area contributed by atoms with Crippen molar-refractivity contribution in [3.8, 4) is 0 Å². The number of fused-ring (bicyclic) bond motifs is 1. The van der Waals surface area contributed by atoms with Crippen molar-refractivity contribution < 1.29 is 13.6 Å². The Bertz CT molecular complexity index is 800. The predicted molar refractivity (Wildman–Crippen MR) is 68.3 cm³/mol. The van der Waals surface area contributed by atoms with Crippen molar-refractivity contribution in [2.45, 2.75) is 0 Å². The molecule has 0 bridgehead atoms. The summed E-state index contributed by atoms with van der Waals surface area (Å²) in [7, 11) is 0. The fourth-order valence-corrected chi connectivity index (χ4v) is 1.78. The van der Waals surface area contributed by atoms with Crippen molar-refractivity contribution >= 4 is 22.8 Å². The molecule has 0 aliphatic carbocycles. The first-order valence-electron chi connectivity index (χ1n) is 5.72. The van der Waals surface area contributed by atoms with E-state index in [0.717, 1.165) is 16.8 Å². The van der Waals surface area contributed by atoms with Crippen LogP contribution in [0.15, 0.2) is 42.5 Å². The van der Waals surface area contributed by atoms with E-state index in [1.165, 1.54) is 0 Å². The Morgan fingerprint density at radius 3 is 2.75 bits per heavy atom. The lowest BCUT2D eigenvalue weighted by Gasteiger charge is -2.06. The van der Waals surface area contributed by atoms with Crippen LogP contribution in [0.1, 0.15) is 0 Å². The highest BCUT2D eigenvalue weighted by Gasteiger charge is 2.13. The van der Waals surface area contributed by atoms with Crippen LogP contribution in [0.25, 0.3) is 11.0 Å². The molecule has 7 heteroatoms. The molecule has 5 nitrogen and oxygen atoms in total. The maximum Gasteiger partial charge on any atom is 0.348 e. The van der Waals surface area contributed by atoms with Gasteiger partial charge in [-0.15, -0.1) is 5.10 Å². The summed E-state index contributed by atoms with van der Waals surface area (Å²) in [4.78, 5) is 12.0. The zero-order chi connectivity index (χ0) is 14.1. The number of rotatable bonds is 1. The van der Waals surface area contributed by atoms with E-state index in [1.54, 1.807) is 24.3 Å². The first kappa shape index (κ1) is 12.2. The van der Waals surface area contributed by atoms with Crippen molar-refractivity contribution in [3.63, 3.8) is 0 Å². The number of hydrogen-bond donors (Lipinski definition) is 1. The minimum atomic E-state index is -0.859. The van der Waals surface area contributed by atoms with Crippen LogP contribution in [0.5, 0.6) is 0 Å². The first-order valence-corrected chi connectivity index (χ1v) is 5.72. The Morgan fingerprint density at radius 2 is 1.95 bits per heavy atom. The van der Waals surface area contributed by atoms with Crippen LogP contribution < -0.4 is 5.32 Å². The second-order valence-electron chi connectivity index (χ2n) is 4.04. The lowest BCUT2D eigenvalue weighted by atomic mass is 10.3.